The third kappa shape index (κ3) is 8.43. The Labute approximate surface area is 264 Å². The number of rotatable bonds is 12. The number of carbonyl (C=O) groups is 1. The largest absolute Gasteiger partial charge is 0.391 e. The van der Waals surface area contributed by atoms with Gasteiger partial charge in [-0.25, -0.2) is 18.4 Å². The molecule has 1 aromatic heterocycles. The number of amides is 1. The van der Waals surface area contributed by atoms with Crippen LogP contribution in [-0.2, 0) is 27.0 Å². The molecule has 2 heterocycles. The van der Waals surface area contributed by atoms with E-state index in [1.165, 1.54) is 0 Å². The van der Waals surface area contributed by atoms with Crippen molar-refractivity contribution in [2.24, 2.45) is 0 Å². The summed E-state index contributed by atoms with van der Waals surface area (Å²) in [5.74, 6) is 0.0697. The van der Waals surface area contributed by atoms with Crippen molar-refractivity contribution >= 4 is 33.3 Å². The monoisotopic (exact) mass is 632 g/mol. The zero-order valence-corrected chi connectivity index (χ0v) is 26.3. The first-order valence-electron chi connectivity index (χ1n) is 14.9. The van der Waals surface area contributed by atoms with Crippen LogP contribution in [0.4, 0.5) is 5.82 Å². The molecule has 0 saturated heterocycles. The number of carbonyl (C=O) groups excluding carboxylic acids is 1. The van der Waals surface area contributed by atoms with E-state index in [9.17, 15) is 18.3 Å². The molecule has 2 N–H and O–H groups in total. The van der Waals surface area contributed by atoms with Crippen molar-refractivity contribution < 1.29 is 18.3 Å². The average molecular weight is 633 g/mol. The number of hydrogen-bond donors (Lipinski definition) is 2. The summed E-state index contributed by atoms with van der Waals surface area (Å²) in [5, 5.41) is 11.4. The van der Waals surface area contributed by atoms with Crippen molar-refractivity contribution in [3.05, 3.63) is 101 Å². The normalized spacial score (nSPS) is 14.7. The molecule has 8 nitrogen and oxygen atoms in total. The predicted octanol–water partition coefficient (Wildman–Crippen LogP) is 6.09. The summed E-state index contributed by atoms with van der Waals surface area (Å²) in [6.45, 7) is 3.19. The van der Waals surface area contributed by atoms with Crippen LogP contribution in [0.25, 0.3) is 22.5 Å². The van der Waals surface area contributed by atoms with Gasteiger partial charge in [-0.3, -0.25) is 9.52 Å². The summed E-state index contributed by atoms with van der Waals surface area (Å²) in [5.41, 5.74) is 5.96. The van der Waals surface area contributed by atoms with E-state index in [0.717, 1.165) is 58.9 Å². The van der Waals surface area contributed by atoms with Crippen molar-refractivity contribution in [3.8, 4) is 22.5 Å². The van der Waals surface area contributed by atoms with Crippen molar-refractivity contribution in [3.63, 3.8) is 0 Å². The molecule has 1 amide bonds. The summed E-state index contributed by atoms with van der Waals surface area (Å²) in [6.07, 6.45) is 3.08. The Kier molecular flexibility index (Phi) is 10.3. The number of aromatic nitrogens is 2. The summed E-state index contributed by atoms with van der Waals surface area (Å²) in [6, 6.07) is 24.6. The summed E-state index contributed by atoms with van der Waals surface area (Å²) >= 11 is 6.18. The lowest BCUT2D eigenvalue weighted by atomic mass is 10.0. The van der Waals surface area contributed by atoms with E-state index in [1.54, 1.807) is 24.3 Å². The maximum atomic E-state index is 12.3. The fraction of sp³-hybridized carbons (Fsp3) is 0.324. The molecule has 230 valence electrons. The topological polar surface area (TPSA) is 112 Å². The number of nitrogens with one attached hydrogen (secondary N) is 1. The number of benzene rings is 3. The zero-order valence-electron chi connectivity index (χ0n) is 24.7. The fourth-order valence-electron chi connectivity index (χ4n) is 5.39. The minimum Gasteiger partial charge on any atom is -0.391 e. The van der Waals surface area contributed by atoms with Gasteiger partial charge in [0.05, 0.1) is 28.9 Å². The number of sulfonamides is 1. The van der Waals surface area contributed by atoms with E-state index in [4.69, 9.17) is 21.6 Å². The Morgan fingerprint density at radius 3 is 2.25 bits per heavy atom. The lowest BCUT2D eigenvalue weighted by Gasteiger charge is -2.33. The van der Waals surface area contributed by atoms with Gasteiger partial charge >= 0.3 is 0 Å². The molecular formula is C34H37ClN4O4S. The van der Waals surface area contributed by atoms with E-state index >= 15 is 0 Å². The lowest BCUT2D eigenvalue weighted by Crippen LogP contribution is -2.40. The number of β-amino-alcohol motifs (C(OH)–C–C–N with tert-alkyl or cyclic N) is 1. The van der Waals surface area contributed by atoms with Crippen LogP contribution in [0, 0.1) is 6.92 Å². The molecule has 5 rings (SSSR count). The number of unbranched alkanes of at least 4 members (excludes halogenated alkanes) is 3. The second-order valence-corrected chi connectivity index (χ2v) is 13.5. The van der Waals surface area contributed by atoms with Gasteiger partial charge in [-0.15, -0.1) is 0 Å². The van der Waals surface area contributed by atoms with Gasteiger partial charge in [0.2, 0.25) is 15.9 Å². The summed E-state index contributed by atoms with van der Waals surface area (Å²) < 4.78 is 26.8. The number of hydrogen-bond acceptors (Lipinski definition) is 7. The van der Waals surface area contributed by atoms with Crippen LogP contribution in [0.2, 0.25) is 5.02 Å². The van der Waals surface area contributed by atoms with Gasteiger partial charge < -0.3 is 10.0 Å². The van der Waals surface area contributed by atoms with Gasteiger partial charge in [0, 0.05) is 42.1 Å². The molecule has 1 atom stereocenters. The number of anilines is 1. The lowest BCUT2D eigenvalue weighted by molar-refractivity contribution is -0.119. The Morgan fingerprint density at radius 2 is 1.55 bits per heavy atom. The fourth-order valence-corrected chi connectivity index (χ4v) is 6.67. The molecule has 0 spiro atoms. The molecule has 4 aromatic rings. The van der Waals surface area contributed by atoms with Gasteiger partial charge in [0.25, 0.3) is 0 Å². The Balaban J connectivity index is 1.21. The van der Waals surface area contributed by atoms with E-state index in [-0.39, 0.29) is 12.2 Å². The number of nitrogens with zero attached hydrogens (tertiary/aromatic N) is 3. The molecule has 3 aromatic carbocycles. The maximum absolute atomic E-state index is 12.3. The number of aliphatic hydroxyl groups is 1. The van der Waals surface area contributed by atoms with E-state index in [2.05, 4.69) is 21.8 Å². The zero-order chi connectivity index (χ0) is 31.1. The number of fused-ring (bicyclic) bond motifs is 1. The molecule has 0 fully saturated rings. The molecule has 1 aliphatic heterocycles. The quantitative estimate of drug-likeness (QED) is 0.182. The standard InChI is InChI=1S/C34H37ClN4O4S/c1-24-12-14-26(15-13-24)32-33(27-16-18-28(35)19-17-27)37-34-30(36-32)21-29(40)22-39(34)20-8-3-2-7-11-31(41)38-44(42,43)23-25-9-5-4-6-10-25/h4-6,9-10,12-19,29,40H,2-3,7-8,11,20-23H2,1H3,(H,38,41). The molecular weight excluding hydrogens is 596 g/mol. The van der Waals surface area contributed by atoms with Crippen molar-refractivity contribution in [2.75, 3.05) is 18.0 Å². The second-order valence-electron chi connectivity index (χ2n) is 11.3. The van der Waals surface area contributed by atoms with Crippen LogP contribution in [-0.4, -0.2) is 48.6 Å². The first kappa shape index (κ1) is 31.6. The van der Waals surface area contributed by atoms with Gasteiger partial charge in [0.1, 0.15) is 0 Å². The van der Waals surface area contributed by atoms with E-state index in [1.807, 2.05) is 49.4 Å². The Hall–Kier alpha value is -3.79. The van der Waals surface area contributed by atoms with E-state index < -0.39 is 22.0 Å². The van der Waals surface area contributed by atoms with Crippen LogP contribution in [0.1, 0.15) is 48.9 Å². The highest BCUT2D eigenvalue weighted by atomic mass is 35.5. The number of halogens is 1. The number of aliphatic hydroxyl groups excluding tert-OH is 1. The molecule has 44 heavy (non-hydrogen) atoms. The molecule has 0 aliphatic carbocycles. The van der Waals surface area contributed by atoms with Gasteiger partial charge in [0.15, 0.2) is 5.82 Å². The third-order valence-electron chi connectivity index (χ3n) is 7.60. The maximum Gasteiger partial charge on any atom is 0.239 e. The minimum atomic E-state index is -3.73. The smallest absolute Gasteiger partial charge is 0.239 e. The van der Waals surface area contributed by atoms with Crippen LogP contribution >= 0.6 is 11.6 Å². The predicted molar refractivity (Wildman–Crippen MR) is 175 cm³/mol. The average Bonchev–Trinajstić information content (AvgIpc) is 2.99. The second kappa shape index (κ2) is 14.3. The number of aryl methyl sites for hydroxylation is 1. The first-order valence-corrected chi connectivity index (χ1v) is 16.9. The molecule has 0 radical (unpaired) electrons. The molecule has 0 saturated carbocycles. The summed E-state index contributed by atoms with van der Waals surface area (Å²) in [4.78, 5) is 24.5. The Morgan fingerprint density at radius 1 is 0.909 bits per heavy atom. The first-order chi connectivity index (χ1) is 21.2. The van der Waals surface area contributed by atoms with Crippen molar-refractivity contribution in [1.82, 2.24) is 14.7 Å². The van der Waals surface area contributed by atoms with Gasteiger partial charge in [-0.2, -0.15) is 0 Å². The SMILES string of the molecule is Cc1ccc(-c2nc3c(nc2-c2ccc(Cl)cc2)N(CCCCCCC(=O)NS(=O)(=O)Cc2ccccc2)CC(O)C3)cc1. The molecule has 0 bridgehead atoms. The van der Waals surface area contributed by atoms with Crippen LogP contribution in [0.5, 0.6) is 0 Å². The highest BCUT2D eigenvalue weighted by Crippen LogP contribution is 2.35. The van der Waals surface area contributed by atoms with Crippen LogP contribution in [0.15, 0.2) is 78.9 Å². The molecule has 10 heteroatoms. The molecule has 1 aliphatic rings. The minimum absolute atomic E-state index is 0.150. The van der Waals surface area contributed by atoms with Gasteiger partial charge in [-0.1, -0.05) is 96.7 Å². The van der Waals surface area contributed by atoms with Crippen LogP contribution in [0.3, 0.4) is 0 Å². The van der Waals surface area contributed by atoms with Crippen molar-refractivity contribution in [2.45, 2.75) is 57.3 Å². The third-order valence-corrected chi connectivity index (χ3v) is 9.10. The van der Waals surface area contributed by atoms with E-state index in [0.29, 0.717) is 36.5 Å². The highest BCUT2D eigenvalue weighted by molar-refractivity contribution is 7.89. The van der Waals surface area contributed by atoms with Gasteiger partial charge in [-0.05, 0) is 37.5 Å². The Bertz CT molecular complexity index is 1680. The highest BCUT2D eigenvalue weighted by Gasteiger charge is 2.28. The molecule has 1 unspecified atom stereocenters. The van der Waals surface area contributed by atoms with Crippen LogP contribution < -0.4 is 9.62 Å². The van der Waals surface area contributed by atoms with Crippen molar-refractivity contribution in [1.29, 1.82) is 0 Å². The summed E-state index contributed by atoms with van der Waals surface area (Å²) in [7, 11) is -3.73.